The molecule has 6 nitrogen and oxygen atoms in total. The second-order valence-electron chi connectivity index (χ2n) is 8.07. The zero-order chi connectivity index (χ0) is 25.1. The summed E-state index contributed by atoms with van der Waals surface area (Å²) in [6.07, 6.45) is -4.52. The first-order chi connectivity index (χ1) is 15.3. The number of halogens is 3. The van der Waals surface area contributed by atoms with Crippen molar-refractivity contribution in [2.45, 2.75) is 39.9 Å². The zero-order valence-electron chi connectivity index (χ0n) is 19.5. The van der Waals surface area contributed by atoms with Crippen LogP contribution in [0.3, 0.4) is 0 Å². The van der Waals surface area contributed by atoms with E-state index in [0.29, 0.717) is 11.1 Å². The lowest BCUT2D eigenvalue weighted by Gasteiger charge is -2.37. The fraction of sp³-hybridized carbons (Fsp3) is 0.375. The Balaban J connectivity index is 2.43. The number of hydrogen-bond donors (Lipinski definition) is 0. The lowest BCUT2D eigenvalue weighted by Crippen LogP contribution is -2.53. The molecule has 33 heavy (non-hydrogen) atoms. The van der Waals surface area contributed by atoms with Gasteiger partial charge >= 0.3 is 6.18 Å². The third kappa shape index (κ3) is 5.71. The molecule has 0 aliphatic heterocycles. The van der Waals surface area contributed by atoms with Crippen LogP contribution < -0.4 is 0 Å². The minimum atomic E-state index is -4.52. The minimum absolute atomic E-state index is 0.0235. The van der Waals surface area contributed by atoms with Crippen molar-refractivity contribution in [3.8, 4) is 0 Å². The van der Waals surface area contributed by atoms with Crippen molar-refractivity contribution in [2.24, 2.45) is 0 Å². The summed E-state index contributed by atoms with van der Waals surface area (Å²) in [5, 5.41) is 2.46. The van der Waals surface area contributed by atoms with E-state index < -0.39 is 29.6 Å². The molecule has 2 aromatic rings. The standard InChI is InChI=1S/C24H28F3N3O3/c1-7-29(21(31)18-9-8-16(4)20(14-18)23(33)28(5)6)30(15(2)3)22(32)17-10-12-19(13-11-17)24(25,26)27/h8-15H,7H2,1-6H3. The van der Waals surface area contributed by atoms with Crippen LogP contribution in [0.1, 0.15) is 63.0 Å². The van der Waals surface area contributed by atoms with E-state index >= 15 is 0 Å². The number of rotatable bonds is 5. The third-order valence-electron chi connectivity index (χ3n) is 5.07. The smallest absolute Gasteiger partial charge is 0.345 e. The van der Waals surface area contributed by atoms with Gasteiger partial charge in [0.2, 0.25) is 0 Å². The first-order valence-electron chi connectivity index (χ1n) is 10.4. The molecule has 0 saturated carbocycles. The van der Waals surface area contributed by atoms with Crippen molar-refractivity contribution in [2.75, 3.05) is 20.6 Å². The normalized spacial score (nSPS) is 11.3. The maximum Gasteiger partial charge on any atom is 0.416 e. The van der Waals surface area contributed by atoms with Gasteiger partial charge < -0.3 is 4.90 Å². The van der Waals surface area contributed by atoms with E-state index in [-0.39, 0.29) is 23.6 Å². The highest BCUT2D eigenvalue weighted by Gasteiger charge is 2.32. The van der Waals surface area contributed by atoms with E-state index in [4.69, 9.17) is 0 Å². The van der Waals surface area contributed by atoms with Crippen LogP contribution in [0.5, 0.6) is 0 Å². The Kier molecular flexibility index (Phi) is 7.89. The van der Waals surface area contributed by atoms with Crippen molar-refractivity contribution >= 4 is 17.7 Å². The summed E-state index contributed by atoms with van der Waals surface area (Å²) in [6, 6.07) is 8.13. The Labute approximate surface area is 191 Å². The Bertz CT molecular complexity index is 1030. The number of carbonyl (C=O) groups is 3. The average Bonchev–Trinajstić information content (AvgIpc) is 2.75. The van der Waals surface area contributed by atoms with Gasteiger partial charge in [0.15, 0.2) is 0 Å². The van der Waals surface area contributed by atoms with Crippen LogP contribution in [0.4, 0.5) is 13.2 Å². The van der Waals surface area contributed by atoms with Crippen molar-refractivity contribution in [3.05, 3.63) is 70.3 Å². The van der Waals surface area contributed by atoms with Crippen LogP contribution in [0.25, 0.3) is 0 Å². The SMILES string of the molecule is CCN(C(=O)c1ccc(C)c(C(=O)N(C)C)c1)N(C(=O)c1ccc(C(F)(F)F)cc1)C(C)C. The summed E-state index contributed by atoms with van der Waals surface area (Å²) in [7, 11) is 3.22. The Morgan fingerprint density at radius 3 is 1.88 bits per heavy atom. The second-order valence-corrected chi connectivity index (χ2v) is 8.07. The number of nitrogens with zero attached hydrogens (tertiary/aromatic N) is 3. The number of benzene rings is 2. The molecule has 0 saturated heterocycles. The van der Waals surface area contributed by atoms with Crippen LogP contribution in [-0.2, 0) is 6.18 Å². The van der Waals surface area contributed by atoms with Gasteiger partial charge in [-0.05, 0) is 69.7 Å². The monoisotopic (exact) mass is 463 g/mol. The maximum atomic E-state index is 13.4. The van der Waals surface area contributed by atoms with Gasteiger partial charge in [-0.25, -0.2) is 10.0 Å². The van der Waals surface area contributed by atoms with Crippen LogP contribution in [0, 0.1) is 6.92 Å². The third-order valence-corrected chi connectivity index (χ3v) is 5.07. The summed E-state index contributed by atoms with van der Waals surface area (Å²) in [6.45, 7) is 6.99. The topological polar surface area (TPSA) is 60.9 Å². The molecule has 0 heterocycles. The number of hydrazine groups is 1. The lowest BCUT2D eigenvalue weighted by molar-refractivity contribution is -0.137. The molecule has 2 rings (SSSR count). The molecule has 0 N–H and O–H groups in total. The number of alkyl halides is 3. The van der Waals surface area contributed by atoms with Crippen LogP contribution >= 0.6 is 0 Å². The van der Waals surface area contributed by atoms with Crippen molar-refractivity contribution in [1.29, 1.82) is 0 Å². The fourth-order valence-electron chi connectivity index (χ4n) is 3.33. The van der Waals surface area contributed by atoms with Crippen molar-refractivity contribution < 1.29 is 27.6 Å². The van der Waals surface area contributed by atoms with E-state index in [2.05, 4.69) is 0 Å². The molecule has 0 aliphatic carbocycles. The van der Waals surface area contributed by atoms with Crippen molar-refractivity contribution in [3.63, 3.8) is 0 Å². The van der Waals surface area contributed by atoms with E-state index in [0.717, 1.165) is 24.3 Å². The van der Waals surface area contributed by atoms with Crippen LogP contribution in [-0.4, -0.2) is 59.3 Å². The predicted octanol–water partition coefficient (Wildman–Crippen LogP) is 4.64. The largest absolute Gasteiger partial charge is 0.416 e. The summed E-state index contributed by atoms with van der Waals surface area (Å²) in [4.78, 5) is 40.4. The zero-order valence-corrected chi connectivity index (χ0v) is 19.5. The summed E-state index contributed by atoms with van der Waals surface area (Å²) >= 11 is 0. The molecule has 0 aliphatic rings. The van der Waals surface area contributed by atoms with Gasteiger partial charge in [0, 0.05) is 43.4 Å². The molecule has 0 aromatic heterocycles. The molecule has 0 bridgehead atoms. The molecule has 178 valence electrons. The Morgan fingerprint density at radius 2 is 1.42 bits per heavy atom. The van der Waals surface area contributed by atoms with Crippen LogP contribution in [0.2, 0.25) is 0 Å². The van der Waals surface area contributed by atoms with Gasteiger partial charge in [-0.15, -0.1) is 0 Å². The van der Waals surface area contributed by atoms with Gasteiger partial charge in [-0.2, -0.15) is 13.2 Å². The maximum absolute atomic E-state index is 13.4. The molecule has 2 aromatic carbocycles. The fourth-order valence-corrected chi connectivity index (χ4v) is 3.33. The highest BCUT2D eigenvalue weighted by atomic mass is 19.4. The number of aryl methyl sites for hydroxylation is 1. The van der Waals surface area contributed by atoms with E-state index in [1.54, 1.807) is 53.9 Å². The second kappa shape index (κ2) is 10.1. The summed E-state index contributed by atoms with van der Waals surface area (Å²) in [5.74, 6) is -1.36. The minimum Gasteiger partial charge on any atom is -0.345 e. The van der Waals surface area contributed by atoms with Gasteiger partial charge in [0.1, 0.15) is 0 Å². The first-order valence-corrected chi connectivity index (χ1v) is 10.4. The van der Waals surface area contributed by atoms with Crippen LogP contribution in [0.15, 0.2) is 42.5 Å². The molecule has 0 spiro atoms. The Morgan fingerprint density at radius 1 is 0.879 bits per heavy atom. The van der Waals surface area contributed by atoms with E-state index in [1.165, 1.54) is 21.0 Å². The molecular weight excluding hydrogens is 435 g/mol. The highest BCUT2D eigenvalue weighted by molar-refractivity contribution is 6.02. The van der Waals surface area contributed by atoms with Gasteiger partial charge in [0.05, 0.1) is 5.56 Å². The number of hydrogen-bond acceptors (Lipinski definition) is 3. The average molecular weight is 464 g/mol. The molecule has 0 fully saturated rings. The molecule has 0 atom stereocenters. The van der Waals surface area contributed by atoms with Gasteiger partial charge in [0.25, 0.3) is 17.7 Å². The quantitative estimate of drug-likeness (QED) is 0.607. The van der Waals surface area contributed by atoms with E-state index in [9.17, 15) is 27.6 Å². The number of amides is 3. The highest BCUT2D eigenvalue weighted by Crippen LogP contribution is 2.29. The molecular formula is C24H28F3N3O3. The number of carbonyl (C=O) groups excluding carboxylic acids is 3. The molecule has 9 heteroatoms. The van der Waals surface area contributed by atoms with Gasteiger partial charge in [-0.3, -0.25) is 14.4 Å². The molecule has 0 radical (unpaired) electrons. The molecule has 0 unspecified atom stereocenters. The summed E-state index contributed by atoms with van der Waals surface area (Å²) < 4.78 is 38.6. The lowest BCUT2D eigenvalue weighted by atomic mass is 10.0. The Hall–Kier alpha value is -3.36. The van der Waals surface area contributed by atoms with Crippen molar-refractivity contribution in [1.82, 2.24) is 14.9 Å². The van der Waals surface area contributed by atoms with Gasteiger partial charge in [-0.1, -0.05) is 6.07 Å². The first kappa shape index (κ1) is 25.9. The predicted molar refractivity (Wildman–Crippen MR) is 119 cm³/mol. The van der Waals surface area contributed by atoms with E-state index in [1.807, 2.05) is 0 Å². The molecule has 3 amide bonds. The summed E-state index contributed by atoms with van der Waals surface area (Å²) in [5.41, 5.74) is 0.451.